The van der Waals surface area contributed by atoms with Gasteiger partial charge in [-0.25, -0.2) is 43.4 Å². The van der Waals surface area contributed by atoms with Gasteiger partial charge in [0.2, 0.25) is 35.4 Å². The van der Waals surface area contributed by atoms with Crippen molar-refractivity contribution < 1.29 is 67.9 Å². The lowest BCUT2D eigenvalue weighted by atomic mass is 9.80. The number of aromatic nitrogens is 2. The van der Waals surface area contributed by atoms with E-state index in [2.05, 4.69) is 107 Å². The Morgan fingerprint density at radius 2 is 1.08 bits per heavy atom. The quantitative estimate of drug-likeness (QED) is 0.0187. The van der Waals surface area contributed by atoms with Crippen molar-refractivity contribution in [3.8, 4) is 28.7 Å². The molecule has 4 heterocycles. The number of phenolic OH excluding ortho intramolecular Hbond substituents is 4. The number of hydrazone groups is 8. The minimum atomic E-state index is -0.453. The van der Waals surface area contributed by atoms with Gasteiger partial charge in [0.25, 0.3) is 11.8 Å². The third-order valence-electron chi connectivity index (χ3n) is 22.6. The highest BCUT2D eigenvalue weighted by molar-refractivity contribution is 7.11. The molecule has 4 aromatic heterocycles. The molecule has 0 bridgehead atoms. The number of phenols is 4. The van der Waals surface area contributed by atoms with E-state index in [9.17, 15) is 58.8 Å². The lowest BCUT2D eigenvalue weighted by Gasteiger charge is -2.25. The number of nitrogens with one attached hydrogen (secondary N) is 9. The Morgan fingerprint density at radius 1 is 0.519 bits per heavy atom. The van der Waals surface area contributed by atoms with E-state index in [4.69, 9.17) is 9.15 Å². The second kappa shape index (κ2) is 49.3. The molecule has 4 unspecified atom stereocenters. The van der Waals surface area contributed by atoms with Gasteiger partial charge < -0.3 is 34.6 Å². The average Bonchev–Trinajstić information content (AvgIpc) is 1.58. The fourth-order valence-corrected chi connectivity index (χ4v) is 15.6. The van der Waals surface area contributed by atoms with Gasteiger partial charge in [-0.2, -0.15) is 40.8 Å². The predicted octanol–water partition coefficient (Wildman–Crippen LogP) is 14.4. The summed E-state index contributed by atoms with van der Waals surface area (Å²) in [7, 11) is 1.46. The van der Waals surface area contributed by atoms with Crippen LogP contribution in [0.3, 0.4) is 0 Å². The van der Waals surface area contributed by atoms with Crippen LogP contribution >= 0.6 is 11.3 Å². The van der Waals surface area contributed by atoms with Gasteiger partial charge in [-0.15, -0.1) is 11.3 Å². The summed E-state index contributed by atoms with van der Waals surface area (Å²) in [5.41, 5.74) is 29.8. The number of H-pyrrole nitrogens is 1. The first-order chi connectivity index (χ1) is 63.2. The number of aryl methyl sites for hydroxylation is 3. The number of furan rings is 1. The van der Waals surface area contributed by atoms with E-state index in [1.54, 1.807) is 109 Å². The number of methoxy groups -OCH3 is 1. The van der Waals surface area contributed by atoms with Crippen LogP contribution in [-0.2, 0) is 35.2 Å². The fourth-order valence-electron chi connectivity index (χ4n) is 14.8. The maximum Gasteiger partial charge on any atom is 0.275 e. The van der Waals surface area contributed by atoms with Gasteiger partial charge in [0.15, 0.2) is 11.5 Å². The van der Waals surface area contributed by atoms with Gasteiger partial charge in [-0.05, 0) is 219 Å². The average molecular weight is 1800 g/mol. The number of rotatable bonds is 25. The molecule has 6 fully saturated rings. The zero-order valence-corrected chi connectivity index (χ0v) is 74.9. The molecule has 6 saturated carbocycles. The van der Waals surface area contributed by atoms with Crippen molar-refractivity contribution in [1.82, 2.24) is 53.4 Å². The molecule has 0 radical (unpaired) electrons. The summed E-state index contributed by atoms with van der Waals surface area (Å²) in [4.78, 5) is 99.9. The van der Waals surface area contributed by atoms with Crippen molar-refractivity contribution in [2.75, 3.05) is 7.11 Å². The SMILES string of the molecule is CC(=O)N/N=C/c1cc(C(C)C)cc(/C=N/NC(C)=O)c1O.COc1cccc(/C=N/NC(=O)c2ccncc2)c1O.Cc1cccc(/C=N/NC(=O)C2CC23CCC3)c1O.Cc1cccc(/C=N/NC(=O)Cc2ccccc2)c1.Cc1ccsc1/C=N/NC(=O)C1C2CCCCC21.O=C(N/N=C/c1ccc[nH]1)c1ccccc1O.O=C(N/N=C/c1ccco1)C1CC12CCC2. The number of para-hydroxylation sites is 3. The zero-order valence-electron chi connectivity index (χ0n) is 74.1. The first-order valence-corrected chi connectivity index (χ1v) is 43.7. The van der Waals surface area contributed by atoms with Gasteiger partial charge in [0.1, 0.15) is 23.0 Å². The highest BCUT2D eigenvalue weighted by Crippen LogP contribution is 2.66. The molecule has 32 nitrogen and oxygen atoms in total. The lowest BCUT2D eigenvalue weighted by Crippen LogP contribution is -2.26. The number of benzene rings is 6. The standard InChI is InChI=1S/C16H16N2O.C15H20N4O3.C15H18N2O2.C14H13N3O3.C14H18N2OS.C12H11N3O2.C12H14N2O2/c1-13-6-5-9-15(10-13)12-17-18-16(19)11-14-7-3-2-4-8-14;1-9(2)12-5-13(7-16-18-10(3)20)15(22)14(6-12)8-17-19-11(4)21;1-10-4-2-5-11(13(10)18)9-16-17-14(19)12-8-15(12)6-3-7-15;1-20-12-4-2-3-11(13(12)18)9-16-17-14(19)10-5-7-15-8-6-10;1-9-6-7-18-12(9)8-15-16-14(17)13-10-4-2-3-5-11(10)13;16-11-6-2-1-5-10(11)12(17)15-14-8-9-4-3-7-13-9;15-11(10-7-12(10)4-2-5-12)14-13-8-9-3-1-6-16-9/h2-10,12H,11H2,1H3,(H,18,19);5-9,22H,1-4H3,(H,18,20)(H,19,21);2,4-5,9,12,18H,3,6-8H2,1H3,(H,17,19);2-9,18H,1H3,(H,17,19);6-8,10-11,13H,2-5H2,1H3,(H,16,17);1-8,13,16H,(H,15,17);1,3,6,8,10H,2,4-5,7H2,(H,14,15)/b17-12+;16-7+,17-8+;2*16-9+;15-8+;14-8+;13-8+. The summed E-state index contributed by atoms with van der Waals surface area (Å²) >= 11 is 1.64. The molecular formula is C98H110N18O14S. The molecule has 6 aromatic carbocycles. The molecule has 2 spiro atoms. The number of fused-ring (bicyclic) bond motifs is 1. The molecule has 8 amide bonds. The van der Waals surface area contributed by atoms with Crippen LogP contribution in [0.1, 0.15) is 203 Å². The summed E-state index contributed by atoms with van der Waals surface area (Å²) in [5, 5.41) is 72.3. The van der Waals surface area contributed by atoms with Crippen LogP contribution in [0, 0.1) is 61.2 Å². The molecule has 131 heavy (non-hydrogen) atoms. The number of carbonyl (C=O) groups excluding carboxylic acids is 8. The Hall–Kier alpha value is -15.2. The van der Waals surface area contributed by atoms with Crippen molar-refractivity contribution in [3.63, 3.8) is 0 Å². The van der Waals surface area contributed by atoms with Crippen molar-refractivity contribution in [1.29, 1.82) is 0 Å². The highest BCUT2D eigenvalue weighted by atomic mass is 32.1. The fraction of sp³-hybridized carbons (Fsp3) is 0.296. The van der Waals surface area contributed by atoms with Crippen LogP contribution in [0.2, 0.25) is 0 Å². The van der Waals surface area contributed by atoms with E-state index < -0.39 is 5.91 Å². The van der Waals surface area contributed by atoms with E-state index in [-0.39, 0.29) is 93.6 Å². The van der Waals surface area contributed by atoms with Crippen molar-refractivity contribution >= 4 is 108 Å². The molecular weight excluding hydrogens is 1690 g/mol. The van der Waals surface area contributed by atoms with Crippen LogP contribution in [0.4, 0.5) is 0 Å². The number of pyridine rings is 1. The van der Waals surface area contributed by atoms with Crippen LogP contribution in [0.25, 0.3) is 0 Å². The summed E-state index contributed by atoms with van der Waals surface area (Å²) in [6, 6.07) is 50.2. The Balaban J connectivity index is 0.000000159. The highest BCUT2D eigenvalue weighted by Gasteiger charge is 2.62. The number of aromatic amines is 1. The number of hydrogen-bond donors (Lipinski definition) is 13. The lowest BCUT2D eigenvalue weighted by molar-refractivity contribution is -0.124. The Bertz CT molecular complexity index is 5710. The van der Waals surface area contributed by atoms with Crippen molar-refractivity contribution in [3.05, 3.63) is 283 Å². The number of carbonyl (C=O) groups is 8. The number of amides is 8. The van der Waals surface area contributed by atoms with E-state index in [0.29, 0.717) is 68.4 Å². The molecule has 10 aromatic rings. The van der Waals surface area contributed by atoms with E-state index in [0.717, 1.165) is 45.7 Å². The molecule has 33 heteroatoms. The number of aromatic hydroxyl groups is 4. The van der Waals surface area contributed by atoms with Gasteiger partial charge in [-0.1, -0.05) is 130 Å². The van der Waals surface area contributed by atoms with Gasteiger partial charge in [0, 0.05) is 82.9 Å². The monoisotopic (exact) mass is 1790 g/mol. The number of nitrogens with zero attached hydrogens (tertiary/aromatic N) is 9. The molecule has 16 rings (SSSR count). The van der Waals surface area contributed by atoms with Crippen LogP contribution < -0.4 is 48.1 Å². The summed E-state index contributed by atoms with van der Waals surface area (Å²) in [5.74, 6) is 1.86. The summed E-state index contributed by atoms with van der Waals surface area (Å²) in [6.45, 7) is 12.6. The van der Waals surface area contributed by atoms with Gasteiger partial charge in [0.05, 0.1) is 80.8 Å². The Morgan fingerprint density at radius 3 is 1.63 bits per heavy atom. The third kappa shape index (κ3) is 30.5. The van der Waals surface area contributed by atoms with E-state index >= 15 is 0 Å². The normalized spacial score (nSPS) is 17.1. The molecule has 0 saturated heterocycles. The van der Waals surface area contributed by atoms with Gasteiger partial charge >= 0.3 is 0 Å². The minimum Gasteiger partial charge on any atom is -0.507 e. The van der Waals surface area contributed by atoms with Crippen LogP contribution in [0.15, 0.2) is 245 Å². The second-order valence-corrected chi connectivity index (χ2v) is 33.3. The minimum absolute atomic E-state index is 0.0168. The second-order valence-electron chi connectivity index (χ2n) is 32.4. The van der Waals surface area contributed by atoms with Crippen molar-refractivity contribution in [2.24, 2.45) is 81.2 Å². The molecule has 6 aliphatic rings. The predicted molar refractivity (Wildman–Crippen MR) is 506 cm³/mol. The maximum absolute atomic E-state index is 12.0. The zero-order chi connectivity index (χ0) is 93.7. The Labute approximate surface area is 763 Å². The van der Waals surface area contributed by atoms with Crippen LogP contribution in [0.5, 0.6) is 28.7 Å². The first-order valence-electron chi connectivity index (χ1n) is 42.8. The first kappa shape index (κ1) is 98.0. The molecule has 6 aliphatic carbocycles. The van der Waals surface area contributed by atoms with E-state index in [1.165, 1.54) is 158 Å². The maximum atomic E-state index is 12.0. The van der Waals surface area contributed by atoms with E-state index in [1.807, 2.05) is 112 Å². The smallest absolute Gasteiger partial charge is 0.275 e. The van der Waals surface area contributed by atoms with Crippen LogP contribution in [-0.4, -0.2) is 134 Å². The molecule has 0 aliphatic heterocycles. The summed E-state index contributed by atoms with van der Waals surface area (Å²) < 4.78 is 10.0. The molecule has 682 valence electrons. The molecule has 13 N–H and O–H groups in total. The molecule has 4 atom stereocenters. The van der Waals surface area contributed by atoms with Crippen molar-refractivity contribution in [2.45, 2.75) is 138 Å². The number of hydrogen-bond acceptors (Lipinski definition) is 24. The topological polar surface area (TPSA) is 464 Å². The number of ether oxygens (including phenoxy) is 1. The summed E-state index contributed by atoms with van der Waals surface area (Å²) in [6.07, 6.45) is 33.1. The van der Waals surface area contributed by atoms with Gasteiger partial charge in [-0.3, -0.25) is 43.3 Å². The largest absolute Gasteiger partial charge is 0.507 e. The Kier molecular flexibility index (Phi) is 36.9. The third-order valence-corrected chi connectivity index (χ3v) is 23.5. The number of thiophene rings is 1.